The number of methoxy groups -OCH3 is 1. The van der Waals surface area contributed by atoms with E-state index in [1.807, 2.05) is 6.07 Å². The van der Waals surface area contributed by atoms with Crippen LogP contribution in [0.3, 0.4) is 0 Å². The number of ether oxygens (including phenoxy) is 1. The Balaban J connectivity index is 1.78. The molecule has 0 saturated carbocycles. The highest BCUT2D eigenvalue weighted by atomic mass is 16.5. The lowest BCUT2D eigenvalue weighted by Gasteiger charge is -2.09. The van der Waals surface area contributed by atoms with Gasteiger partial charge in [-0.05, 0) is 42.5 Å². The number of hydrogen-bond donors (Lipinski definition) is 3. The first-order valence-corrected chi connectivity index (χ1v) is 7.82. The number of H-pyrrole nitrogens is 1. The van der Waals surface area contributed by atoms with E-state index in [9.17, 15) is 9.90 Å². The maximum absolute atomic E-state index is 11.8. The van der Waals surface area contributed by atoms with Crippen LogP contribution in [0.5, 0.6) is 5.75 Å². The molecule has 0 bridgehead atoms. The van der Waals surface area contributed by atoms with E-state index in [1.165, 1.54) is 7.11 Å². The summed E-state index contributed by atoms with van der Waals surface area (Å²) in [6, 6.07) is 13.7. The van der Waals surface area contributed by atoms with E-state index in [2.05, 4.69) is 20.4 Å². The highest BCUT2D eigenvalue weighted by Crippen LogP contribution is 2.31. The molecule has 8 nitrogen and oxygen atoms in total. The summed E-state index contributed by atoms with van der Waals surface area (Å²) in [5.41, 5.74) is 2.61. The van der Waals surface area contributed by atoms with Crippen LogP contribution in [0, 0.1) is 0 Å². The molecule has 0 aliphatic rings. The molecule has 0 saturated heterocycles. The number of benzene rings is 2. The zero-order valence-electron chi connectivity index (χ0n) is 13.8. The third kappa shape index (κ3) is 2.73. The molecule has 0 atom stereocenters. The largest absolute Gasteiger partial charge is 0.508 e. The van der Waals surface area contributed by atoms with Crippen molar-refractivity contribution in [2.45, 2.75) is 0 Å². The summed E-state index contributed by atoms with van der Waals surface area (Å²) in [6.45, 7) is 0. The van der Waals surface area contributed by atoms with Gasteiger partial charge in [0.25, 0.3) is 5.78 Å². The lowest BCUT2D eigenvalue weighted by molar-refractivity contribution is 0.0601. The van der Waals surface area contributed by atoms with Crippen molar-refractivity contribution in [1.82, 2.24) is 19.6 Å². The molecule has 8 heteroatoms. The molecule has 0 aliphatic heterocycles. The highest BCUT2D eigenvalue weighted by molar-refractivity contribution is 5.91. The first-order valence-electron chi connectivity index (χ1n) is 7.82. The summed E-state index contributed by atoms with van der Waals surface area (Å²) in [5, 5.41) is 15.8. The van der Waals surface area contributed by atoms with Crippen LogP contribution in [0.4, 0.5) is 11.5 Å². The van der Waals surface area contributed by atoms with Gasteiger partial charge in [0.1, 0.15) is 17.8 Å². The monoisotopic (exact) mass is 349 g/mol. The number of aromatic amines is 1. The number of phenols is 1. The Hall–Kier alpha value is -3.81. The molecule has 4 rings (SSSR count). The molecular weight excluding hydrogens is 334 g/mol. The maximum atomic E-state index is 11.8. The minimum atomic E-state index is -0.410. The number of nitrogens with one attached hydrogen (secondary N) is 2. The van der Waals surface area contributed by atoms with Crippen LogP contribution in [0.2, 0.25) is 0 Å². The minimum absolute atomic E-state index is 0.178. The quantitative estimate of drug-likeness (QED) is 0.489. The number of phenolic OH excluding ortho intramolecular Hbond substituents is 1. The van der Waals surface area contributed by atoms with Gasteiger partial charge in [0, 0.05) is 11.3 Å². The average Bonchev–Trinajstić information content (AvgIpc) is 3.25. The number of carbonyl (C=O) groups is 1. The molecule has 3 N–H and O–H groups in total. The number of carbonyl (C=O) groups excluding carboxylic acids is 1. The first-order chi connectivity index (χ1) is 12.7. The lowest BCUT2D eigenvalue weighted by atomic mass is 10.1. The summed E-state index contributed by atoms with van der Waals surface area (Å²) in [4.78, 5) is 20.5. The van der Waals surface area contributed by atoms with Crippen LogP contribution < -0.4 is 5.32 Å². The van der Waals surface area contributed by atoms with Crippen molar-refractivity contribution in [2.75, 3.05) is 12.4 Å². The van der Waals surface area contributed by atoms with Crippen molar-refractivity contribution in [3.8, 4) is 17.0 Å². The second-order valence-electron chi connectivity index (χ2n) is 5.58. The molecule has 0 unspecified atom stereocenters. The average molecular weight is 349 g/mol. The number of esters is 1. The van der Waals surface area contributed by atoms with Crippen LogP contribution in [-0.4, -0.2) is 37.8 Å². The number of anilines is 2. The number of imidazole rings is 1. The van der Waals surface area contributed by atoms with E-state index in [4.69, 9.17) is 4.74 Å². The molecule has 0 spiro atoms. The second-order valence-corrected chi connectivity index (χ2v) is 5.58. The third-order valence-corrected chi connectivity index (χ3v) is 3.91. The summed E-state index contributed by atoms with van der Waals surface area (Å²) in [5.74, 6) is 0.925. The summed E-state index contributed by atoms with van der Waals surface area (Å²) >= 11 is 0. The molecule has 0 radical (unpaired) electrons. The van der Waals surface area contributed by atoms with Gasteiger partial charge in [-0.1, -0.05) is 6.07 Å². The fourth-order valence-corrected chi connectivity index (χ4v) is 2.68. The standard InChI is InChI=1S/C18H15N5O3/c1-26-17(25)12-3-2-4-13(9-12)21-16-15(11-5-7-14(24)8-6-11)22-18-19-10-20-23(16)18/h2-10,21,24H,1H3,(H,19,20,22). The molecule has 2 aromatic heterocycles. The minimum Gasteiger partial charge on any atom is -0.508 e. The number of rotatable bonds is 4. The number of fused-ring (bicyclic) bond motifs is 1. The zero-order valence-corrected chi connectivity index (χ0v) is 13.8. The number of hydrogen-bond acceptors (Lipinski definition) is 6. The Kier molecular flexibility index (Phi) is 3.77. The summed E-state index contributed by atoms with van der Waals surface area (Å²) in [6.07, 6.45) is 1.54. The van der Waals surface area contributed by atoms with Crippen molar-refractivity contribution >= 4 is 23.3 Å². The van der Waals surface area contributed by atoms with E-state index in [-0.39, 0.29) is 5.75 Å². The predicted octanol–water partition coefficient (Wildman–Crippen LogP) is 2.96. The molecule has 130 valence electrons. The Morgan fingerprint density at radius 1 is 1.23 bits per heavy atom. The third-order valence-electron chi connectivity index (χ3n) is 3.91. The van der Waals surface area contributed by atoms with Crippen LogP contribution >= 0.6 is 0 Å². The van der Waals surface area contributed by atoms with Gasteiger partial charge in [-0.25, -0.2) is 19.3 Å². The van der Waals surface area contributed by atoms with Gasteiger partial charge in [0.15, 0.2) is 5.82 Å². The van der Waals surface area contributed by atoms with Gasteiger partial charge in [-0.15, -0.1) is 0 Å². The molecular formula is C18H15N5O3. The molecule has 0 amide bonds. The van der Waals surface area contributed by atoms with Gasteiger partial charge in [-0.3, -0.25) is 5.10 Å². The van der Waals surface area contributed by atoms with Crippen molar-refractivity contribution in [2.24, 2.45) is 0 Å². The van der Waals surface area contributed by atoms with E-state index < -0.39 is 5.97 Å². The predicted molar refractivity (Wildman–Crippen MR) is 95.5 cm³/mol. The number of aromatic nitrogens is 4. The van der Waals surface area contributed by atoms with Crippen LogP contribution in [0.15, 0.2) is 54.9 Å². The molecule has 2 heterocycles. The van der Waals surface area contributed by atoms with Crippen LogP contribution in [0.1, 0.15) is 10.4 Å². The van der Waals surface area contributed by atoms with E-state index in [0.29, 0.717) is 28.5 Å². The molecule has 2 aromatic carbocycles. The van der Waals surface area contributed by atoms with Crippen molar-refractivity contribution in [1.29, 1.82) is 0 Å². The molecule has 4 aromatic rings. The molecule has 26 heavy (non-hydrogen) atoms. The lowest BCUT2D eigenvalue weighted by Crippen LogP contribution is -2.03. The Morgan fingerprint density at radius 3 is 2.81 bits per heavy atom. The van der Waals surface area contributed by atoms with E-state index in [1.54, 1.807) is 53.3 Å². The summed E-state index contributed by atoms with van der Waals surface area (Å²) in [7, 11) is 1.34. The Labute approximate surface area is 148 Å². The topological polar surface area (TPSA) is 105 Å². The SMILES string of the molecule is COC(=O)c1cccc(Nc2c(-c3ccc(O)cc3)nc3nc[nH]n23)c1. The van der Waals surface area contributed by atoms with Crippen molar-refractivity contribution < 1.29 is 14.6 Å². The van der Waals surface area contributed by atoms with Gasteiger partial charge in [-0.2, -0.15) is 0 Å². The van der Waals surface area contributed by atoms with Gasteiger partial charge < -0.3 is 15.2 Å². The van der Waals surface area contributed by atoms with E-state index >= 15 is 0 Å². The molecule has 0 fully saturated rings. The number of nitrogens with zero attached hydrogens (tertiary/aromatic N) is 3. The first kappa shape index (κ1) is 15.7. The van der Waals surface area contributed by atoms with Crippen LogP contribution in [0.25, 0.3) is 17.0 Å². The zero-order chi connectivity index (χ0) is 18.1. The normalized spacial score (nSPS) is 10.8. The van der Waals surface area contributed by atoms with Crippen molar-refractivity contribution in [3.05, 3.63) is 60.4 Å². The van der Waals surface area contributed by atoms with Gasteiger partial charge in [0.05, 0.1) is 12.7 Å². The Bertz CT molecular complexity index is 1080. The van der Waals surface area contributed by atoms with Gasteiger partial charge in [0.2, 0.25) is 0 Å². The van der Waals surface area contributed by atoms with Gasteiger partial charge >= 0.3 is 5.97 Å². The van der Waals surface area contributed by atoms with E-state index in [0.717, 1.165) is 5.56 Å². The second kappa shape index (κ2) is 6.25. The fourth-order valence-electron chi connectivity index (χ4n) is 2.68. The highest BCUT2D eigenvalue weighted by Gasteiger charge is 2.17. The number of aromatic hydroxyl groups is 1. The maximum Gasteiger partial charge on any atom is 0.337 e. The smallest absolute Gasteiger partial charge is 0.337 e. The van der Waals surface area contributed by atoms with Crippen molar-refractivity contribution in [3.63, 3.8) is 0 Å². The van der Waals surface area contributed by atoms with Crippen LogP contribution in [-0.2, 0) is 4.74 Å². The Morgan fingerprint density at radius 2 is 2.04 bits per heavy atom. The summed E-state index contributed by atoms with van der Waals surface area (Å²) < 4.78 is 6.47. The fraction of sp³-hybridized carbons (Fsp3) is 0.0556. The molecule has 0 aliphatic carbocycles.